The predicted molar refractivity (Wildman–Crippen MR) is 63.7 cm³/mol. The van der Waals surface area contributed by atoms with Gasteiger partial charge in [0.1, 0.15) is 0 Å². The van der Waals surface area contributed by atoms with Gasteiger partial charge in [-0.15, -0.1) is 0 Å². The highest BCUT2D eigenvalue weighted by molar-refractivity contribution is 9.28. The zero-order valence-electron chi connectivity index (χ0n) is 6.16. The maximum absolute atomic E-state index is 7.51. The molecule has 0 amide bonds. The van der Waals surface area contributed by atoms with Crippen LogP contribution in [0.2, 0.25) is 0 Å². The number of hydrogen-bond acceptors (Lipinski definition) is 1. The first-order valence-corrected chi connectivity index (χ1v) is 4.73. The Hall–Kier alpha value is 0.250. The van der Waals surface area contributed by atoms with E-state index in [2.05, 4.69) is 51.6 Å². The lowest BCUT2D eigenvalue weighted by molar-refractivity contribution is 1.54. The molecule has 0 N–H and O–H groups in total. The molecular weight excluding hydrogens is 329 g/mol. The van der Waals surface area contributed by atoms with Crippen molar-refractivity contribution in [3.8, 4) is 6.07 Å². The van der Waals surface area contributed by atoms with Crippen molar-refractivity contribution in [3.05, 3.63) is 33.7 Å². The van der Waals surface area contributed by atoms with Crippen LogP contribution in [0.5, 0.6) is 0 Å². The van der Waals surface area contributed by atoms with Gasteiger partial charge in [0, 0.05) is 6.08 Å². The molecule has 0 aliphatic heterocycles. The summed E-state index contributed by atoms with van der Waals surface area (Å²) < 4.78 is 0.903. The van der Waals surface area contributed by atoms with Crippen LogP contribution in [0.15, 0.2) is 33.7 Å². The largest absolute Gasteiger partial charge is 0.193 e. The Morgan fingerprint density at radius 2 is 1.42 bits per heavy atom. The van der Waals surface area contributed by atoms with Crippen molar-refractivity contribution < 1.29 is 0 Å². The van der Waals surface area contributed by atoms with Gasteiger partial charge < -0.3 is 0 Å². The van der Waals surface area contributed by atoms with Gasteiger partial charge in [-0.2, -0.15) is 5.26 Å². The summed E-state index contributed by atoms with van der Waals surface area (Å²) in [7, 11) is 0. The van der Waals surface area contributed by atoms with E-state index < -0.39 is 0 Å². The van der Waals surface area contributed by atoms with Crippen LogP contribution < -0.4 is 0 Å². The lowest BCUT2D eigenvalue weighted by Crippen LogP contribution is -1.24. The van der Waals surface area contributed by atoms with Crippen molar-refractivity contribution in [1.29, 1.82) is 5.26 Å². The molecule has 0 aliphatic rings. The molecule has 0 unspecified atom stereocenters. The minimum Gasteiger partial charge on any atom is -0.193 e. The number of rotatable bonds is 0. The van der Waals surface area contributed by atoms with Gasteiger partial charge in [-0.1, -0.05) is 42.9 Å². The summed E-state index contributed by atoms with van der Waals surface area (Å²) in [5.41, 5.74) is 0. The van der Waals surface area contributed by atoms with Gasteiger partial charge in [0.05, 0.1) is 14.0 Å². The van der Waals surface area contributed by atoms with E-state index >= 15 is 0 Å². The van der Waals surface area contributed by atoms with Gasteiger partial charge in [-0.25, -0.2) is 0 Å². The SMILES string of the molecule is C=C(Br)Br.C=C(Cl)Cl.C=CC#N. The summed E-state index contributed by atoms with van der Waals surface area (Å²) in [5.74, 6) is 0. The van der Waals surface area contributed by atoms with Crippen LogP contribution in [0.1, 0.15) is 0 Å². The first kappa shape index (κ1) is 18.1. The molecule has 0 aromatic heterocycles. The minimum absolute atomic E-state index is 0.111. The van der Waals surface area contributed by atoms with Crippen molar-refractivity contribution in [3.63, 3.8) is 0 Å². The van der Waals surface area contributed by atoms with Gasteiger partial charge in [0.2, 0.25) is 0 Å². The monoisotopic (exact) mass is 333 g/mol. The molecule has 0 bridgehead atoms. The number of halogens is 4. The maximum Gasteiger partial charge on any atom is 0.0992 e. The van der Waals surface area contributed by atoms with Crippen LogP contribution in [0, 0.1) is 11.3 Å². The Labute approximate surface area is 99.6 Å². The van der Waals surface area contributed by atoms with Gasteiger partial charge in [-0.05, 0) is 31.9 Å². The van der Waals surface area contributed by atoms with E-state index in [0.717, 1.165) is 3.39 Å². The number of nitrogens with zero attached hydrogens (tertiary/aromatic N) is 1. The molecule has 0 aliphatic carbocycles. The summed E-state index contributed by atoms with van der Waals surface area (Å²) in [6.45, 7) is 9.59. The van der Waals surface area contributed by atoms with E-state index in [1.165, 1.54) is 6.08 Å². The normalized spacial score (nSPS) is 5.58. The highest BCUT2D eigenvalue weighted by atomic mass is 79.9. The third-order valence-electron chi connectivity index (χ3n) is 0.0913. The second-order valence-corrected chi connectivity index (χ2v) is 5.10. The van der Waals surface area contributed by atoms with E-state index in [0.29, 0.717) is 0 Å². The van der Waals surface area contributed by atoms with Crippen molar-refractivity contribution >= 4 is 55.1 Å². The fourth-order valence-electron chi connectivity index (χ4n) is 0. The lowest BCUT2D eigenvalue weighted by atomic mass is 10.8. The predicted octanol–water partition coefficient (Wildman–Crippen LogP) is 4.88. The topological polar surface area (TPSA) is 23.8 Å². The van der Waals surface area contributed by atoms with Crippen molar-refractivity contribution in [2.24, 2.45) is 0 Å². The fourth-order valence-corrected chi connectivity index (χ4v) is 0. The minimum atomic E-state index is 0.111. The van der Waals surface area contributed by atoms with Crippen LogP contribution in [-0.4, -0.2) is 0 Å². The first-order chi connectivity index (χ1) is 5.38. The van der Waals surface area contributed by atoms with Crippen molar-refractivity contribution in [2.45, 2.75) is 0 Å². The molecule has 0 spiro atoms. The highest BCUT2D eigenvalue weighted by Gasteiger charge is 1.60. The third-order valence-corrected chi connectivity index (χ3v) is 0.0913. The van der Waals surface area contributed by atoms with E-state index in [-0.39, 0.29) is 4.49 Å². The number of hydrogen-bond donors (Lipinski definition) is 0. The molecule has 0 saturated heterocycles. The quantitative estimate of drug-likeness (QED) is 0.579. The van der Waals surface area contributed by atoms with E-state index in [1.807, 2.05) is 0 Å². The summed E-state index contributed by atoms with van der Waals surface area (Å²) >= 11 is 15.7. The average molecular weight is 336 g/mol. The Morgan fingerprint density at radius 3 is 1.42 bits per heavy atom. The first-order valence-electron chi connectivity index (χ1n) is 2.38. The van der Waals surface area contributed by atoms with E-state index in [9.17, 15) is 0 Å². The standard InChI is InChI=1S/C3H3N.C2H2Br2.C2H2Cl2/c1-2-3-4;2*1-2(3)4/h2H,1H2;2*1H2. The van der Waals surface area contributed by atoms with Crippen LogP contribution >= 0.6 is 55.1 Å². The van der Waals surface area contributed by atoms with Crippen molar-refractivity contribution in [2.75, 3.05) is 0 Å². The van der Waals surface area contributed by atoms with Crippen molar-refractivity contribution in [1.82, 2.24) is 0 Å². The van der Waals surface area contributed by atoms with Crippen LogP contribution in [0.25, 0.3) is 0 Å². The molecule has 0 saturated carbocycles. The van der Waals surface area contributed by atoms with Gasteiger partial charge in [-0.3, -0.25) is 0 Å². The molecule has 0 atom stereocenters. The van der Waals surface area contributed by atoms with Crippen LogP contribution in [-0.2, 0) is 0 Å². The lowest BCUT2D eigenvalue weighted by Gasteiger charge is -1.58. The Bertz CT molecular complexity index is 164. The zero-order valence-corrected chi connectivity index (χ0v) is 10.8. The summed E-state index contributed by atoms with van der Waals surface area (Å²) in [6, 6.07) is 1.69. The van der Waals surface area contributed by atoms with Crippen LogP contribution in [0.3, 0.4) is 0 Å². The summed E-state index contributed by atoms with van der Waals surface area (Å²) in [5, 5.41) is 7.51. The van der Waals surface area contributed by atoms with E-state index in [1.54, 1.807) is 6.07 Å². The van der Waals surface area contributed by atoms with Gasteiger partial charge in [0.25, 0.3) is 0 Å². The van der Waals surface area contributed by atoms with Gasteiger partial charge in [0.15, 0.2) is 0 Å². The molecule has 0 heterocycles. The fraction of sp³-hybridized carbons (Fsp3) is 0. The Morgan fingerprint density at radius 1 is 1.33 bits per heavy atom. The molecule has 12 heavy (non-hydrogen) atoms. The number of allylic oxidation sites excluding steroid dienone is 1. The van der Waals surface area contributed by atoms with Crippen LogP contribution in [0.4, 0.5) is 0 Å². The Balaban J connectivity index is -0.000000101. The summed E-state index contributed by atoms with van der Waals surface area (Å²) in [6.07, 6.45) is 1.18. The van der Waals surface area contributed by atoms with Gasteiger partial charge >= 0.3 is 0 Å². The smallest absolute Gasteiger partial charge is 0.0992 e. The molecule has 0 aromatic carbocycles. The maximum atomic E-state index is 7.51. The highest BCUT2D eigenvalue weighted by Crippen LogP contribution is 2.06. The molecule has 0 rings (SSSR count). The van der Waals surface area contributed by atoms with E-state index in [4.69, 9.17) is 28.5 Å². The zero-order chi connectivity index (χ0) is 10.6. The molecule has 0 fully saturated rings. The second kappa shape index (κ2) is 17.4. The average Bonchev–Trinajstić information content (AvgIpc) is 1.85. The molecule has 1 nitrogen and oxygen atoms in total. The number of nitriles is 1. The summed E-state index contributed by atoms with van der Waals surface area (Å²) in [4.78, 5) is 0. The molecule has 5 heteroatoms. The third kappa shape index (κ3) is 561. The molecule has 0 aromatic rings. The molecule has 68 valence electrons. The molecule has 0 radical (unpaired) electrons. The Kier molecular flexibility index (Phi) is 26.2. The molecular formula is C7H7Br2Cl2N. The second-order valence-electron chi connectivity index (χ2n) is 1.01.